The molecule has 0 saturated carbocycles. The number of ether oxygens (including phenoxy) is 1. The smallest absolute Gasteiger partial charge is 0.158 e. The molecular formula is C13H14N8O. The molecule has 0 aliphatic carbocycles. The van der Waals surface area contributed by atoms with Crippen molar-refractivity contribution >= 4 is 5.82 Å². The van der Waals surface area contributed by atoms with E-state index in [1.807, 2.05) is 12.3 Å². The quantitative estimate of drug-likeness (QED) is 0.676. The van der Waals surface area contributed by atoms with Crippen LogP contribution in [-0.2, 0) is 4.74 Å². The van der Waals surface area contributed by atoms with Crippen molar-refractivity contribution in [3.63, 3.8) is 0 Å². The molecule has 4 rings (SSSR count). The molecule has 22 heavy (non-hydrogen) atoms. The zero-order valence-electron chi connectivity index (χ0n) is 11.8. The van der Waals surface area contributed by atoms with Crippen LogP contribution in [0.1, 0.15) is 0 Å². The lowest BCUT2D eigenvalue weighted by atomic mass is 10.4. The zero-order chi connectivity index (χ0) is 14.8. The standard InChI is InChI=1S/C13H14N8O/c1-2-20(18-16-1)11-8-17-21(9-11)13-7-12(14-10-15-13)19-3-5-22-6-4-19/h1-2,7-10H,3-6H2. The van der Waals surface area contributed by atoms with Crippen LogP contribution in [0, 0.1) is 0 Å². The molecule has 0 bridgehead atoms. The molecule has 3 aromatic heterocycles. The molecular weight excluding hydrogens is 284 g/mol. The average molecular weight is 298 g/mol. The Morgan fingerprint density at radius 2 is 1.91 bits per heavy atom. The van der Waals surface area contributed by atoms with E-state index in [0.717, 1.165) is 37.8 Å². The Labute approximate surface area is 126 Å². The number of rotatable bonds is 3. The largest absolute Gasteiger partial charge is 0.378 e. The summed E-state index contributed by atoms with van der Waals surface area (Å²) < 4.78 is 8.71. The van der Waals surface area contributed by atoms with Gasteiger partial charge in [-0.2, -0.15) is 5.10 Å². The van der Waals surface area contributed by atoms with E-state index in [1.54, 1.807) is 34.3 Å². The second kappa shape index (κ2) is 5.53. The number of hydrogen-bond donors (Lipinski definition) is 0. The summed E-state index contributed by atoms with van der Waals surface area (Å²) in [6.45, 7) is 3.11. The van der Waals surface area contributed by atoms with E-state index < -0.39 is 0 Å². The summed E-state index contributed by atoms with van der Waals surface area (Å²) in [6.07, 6.45) is 8.50. The van der Waals surface area contributed by atoms with Crippen LogP contribution >= 0.6 is 0 Å². The van der Waals surface area contributed by atoms with Gasteiger partial charge in [0.15, 0.2) is 5.82 Å². The molecule has 0 radical (unpaired) electrons. The van der Waals surface area contributed by atoms with E-state index in [-0.39, 0.29) is 0 Å². The molecule has 1 fully saturated rings. The van der Waals surface area contributed by atoms with Gasteiger partial charge in [-0.15, -0.1) is 5.10 Å². The molecule has 0 atom stereocenters. The molecule has 9 heteroatoms. The van der Waals surface area contributed by atoms with Crippen LogP contribution in [0.5, 0.6) is 0 Å². The molecule has 0 amide bonds. The van der Waals surface area contributed by atoms with Gasteiger partial charge in [-0.25, -0.2) is 19.3 Å². The Morgan fingerprint density at radius 1 is 1.05 bits per heavy atom. The third kappa shape index (κ3) is 2.42. The first-order chi connectivity index (χ1) is 10.9. The minimum atomic E-state index is 0.711. The normalized spacial score (nSPS) is 15.2. The van der Waals surface area contributed by atoms with Gasteiger partial charge in [0.2, 0.25) is 0 Å². The molecule has 0 spiro atoms. The van der Waals surface area contributed by atoms with Crippen molar-refractivity contribution in [1.29, 1.82) is 0 Å². The number of aromatic nitrogens is 7. The highest BCUT2D eigenvalue weighted by atomic mass is 16.5. The molecule has 1 aliphatic heterocycles. The van der Waals surface area contributed by atoms with Gasteiger partial charge in [0.05, 0.1) is 38.0 Å². The van der Waals surface area contributed by atoms with Crippen molar-refractivity contribution in [1.82, 2.24) is 34.7 Å². The Morgan fingerprint density at radius 3 is 2.73 bits per heavy atom. The predicted molar refractivity (Wildman–Crippen MR) is 77.1 cm³/mol. The first-order valence-corrected chi connectivity index (χ1v) is 6.97. The zero-order valence-corrected chi connectivity index (χ0v) is 11.8. The van der Waals surface area contributed by atoms with E-state index in [2.05, 4.69) is 30.3 Å². The van der Waals surface area contributed by atoms with Crippen LogP contribution < -0.4 is 4.90 Å². The first kappa shape index (κ1) is 12.9. The summed E-state index contributed by atoms with van der Waals surface area (Å²) in [5.74, 6) is 1.59. The molecule has 9 nitrogen and oxygen atoms in total. The number of morpholine rings is 1. The summed E-state index contributed by atoms with van der Waals surface area (Å²) in [5, 5.41) is 12.1. The molecule has 0 N–H and O–H groups in total. The van der Waals surface area contributed by atoms with Gasteiger partial charge in [0, 0.05) is 19.2 Å². The molecule has 3 aromatic rings. The highest BCUT2D eigenvalue weighted by Crippen LogP contribution is 2.15. The fourth-order valence-electron chi connectivity index (χ4n) is 2.33. The van der Waals surface area contributed by atoms with Crippen molar-refractivity contribution in [2.24, 2.45) is 0 Å². The Balaban J connectivity index is 1.62. The maximum atomic E-state index is 5.36. The SMILES string of the molecule is c1cn(-c2cnn(-c3cc(N4CCOCC4)ncn3)c2)nn1. The summed E-state index contributed by atoms with van der Waals surface area (Å²) in [6, 6.07) is 1.92. The van der Waals surface area contributed by atoms with Gasteiger partial charge < -0.3 is 9.64 Å². The molecule has 112 valence electrons. The van der Waals surface area contributed by atoms with Crippen molar-refractivity contribution in [2.45, 2.75) is 0 Å². The van der Waals surface area contributed by atoms with Gasteiger partial charge in [0.1, 0.15) is 17.8 Å². The molecule has 1 aliphatic rings. The second-order valence-corrected chi connectivity index (χ2v) is 4.82. The number of hydrogen-bond acceptors (Lipinski definition) is 7. The summed E-state index contributed by atoms with van der Waals surface area (Å²) in [7, 11) is 0. The maximum absolute atomic E-state index is 5.36. The van der Waals surface area contributed by atoms with Gasteiger partial charge >= 0.3 is 0 Å². The van der Waals surface area contributed by atoms with Crippen LogP contribution in [0.2, 0.25) is 0 Å². The van der Waals surface area contributed by atoms with Gasteiger partial charge in [-0.1, -0.05) is 5.21 Å². The lowest BCUT2D eigenvalue weighted by Gasteiger charge is -2.27. The molecule has 0 aromatic carbocycles. The third-order valence-corrected chi connectivity index (χ3v) is 3.46. The van der Waals surface area contributed by atoms with Crippen LogP contribution in [0.4, 0.5) is 5.82 Å². The van der Waals surface area contributed by atoms with Crippen molar-refractivity contribution in [3.8, 4) is 11.5 Å². The second-order valence-electron chi connectivity index (χ2n) is 4.82. The minimum absolute atomic E-state index is 0.711. The number of nitrogens with zero attached hydrogens (tertiary/aromatic N) is 8. The fraction of sp³-hybridized carbons (Fsp3) is 0.308. The highest BCUT2D eigenvalue weighted by Gasteiger charge is 2.14. The number of anilines is 1. The van der Waals surface area contributed by atoms with Gasteiger partial charge in [0.25, 0.3) is 0 Å². The Kier molecular flexibility index (Phi) is 3.24. The molecule has 1 saturated heterocycles. The van der Waals surface area contributed by atoms with Crippen molar-refractivity contribution in [3.05, 3.63) is 37.2 Å². The van der Waals surface area contributed by atoms with E-state index in [9.17, 15) is 0 Å². The van der Waals surface area contributed by atoms with Crippen LogP contribution in [-0.4, -0.2) is 61.0 Å². The average Bonchev–Trinajstić information content (AvgIpc) is 3.27. The van der Waals surface area contributed by atoms with Crippen molar-refractivity contribution < 1.29 is 4.74 Å². The minimum Gasteiger partial charge on any atom is -0.378 e. The van der Waals surface area contributed by atoms with Gasteiger partial charge in [-0.3, -0.25) is 0 Å². The maximum Gasteiger partial charge on any atom is 0.158 e. The Hall–Kier alpha value is -2.81. The molecule has 0 unspecified atom stereocenters. The molecule has 4 heterocycles. The van der Waals surface area contributed by atoms with Crippen LogP contribution in [0.25, 0.3) is 11.5 Å². The lowest BCUT2D eigenvalue weighted by molar-refractivity contribution is 0.122. The topological polar surface area (TPSA) is 86.8 Å². The summed E-state index contributed by atoms with van der Waals surface area (Å²) in [4.78, 5) is 10.8. The van der Waals surface area contributed by atoms with E-state index in [4.69, 9.17) is 4.74 Å². The summed E-state index contributed by atoms with van der Waals surface area (Å²) >= 11 is 0. The van der Waals surface area contributed by atoms with E-state index >= 15 is 0 Å². The first-order valence-electron chi connectivity index (χ1n) is 6.97. The predicted octanol–water partition coefficient (Wildman–Crippen LogP) is 0.0796. The summed E-state index contributed by atoms with van der Waals surface area (Å²) in [5.41, 5.74) is 0.823. The monoisotopic (exact) mass is 298 g/mol. The van der Waals surface area contributed by atoms with Crippen LogP contribution in [0.15, 0.2) is 37.2 Å². The third-order valence-electron chi connectivity index (χ3n) is 3.46. The van der Waals surface area contributed by atoms with E-state index in [1.165, 1.54) is 0 Å². The van der Waals surface area contributed by atoms with Crippen molar-refractivity contribution in [2.75, 3.05) is 31.2 Å². The van der Waals surface area contributed by atoms with E-state index in [0.29, 0.717) is 5.82 Å². The van der Waals surface area contributed by atoms with Gasteiger partial charge in [-0.05, 0) is 0 Å². The highest BCUT2D eigenvalue weighted by molar-refractivity contribution is 5.44. The van der Waals surface area contributed by atoms with Crippen LogP contribution in [0.3, 0.4) is 0 Å². The fourth-order valence-corrected chi connectivity index (χ4v) is 2.33. The Bertz CT molecular complexity index is 747. The lowest BCUT2D eigenvalue weighted by Crippen LogP contribution is -2.36.